The minimum atomic E-state index is -1.01. The van der Waals surface area contributed by atoms with Gasteiger partial charge in [0.25, 0.3) is 17.7 Å². The number of hydrogen-bond donors (Lipinski definition) is 1. The topological polar surface area (TPSA) is 99.3 Å². The number of benzene rings is 2. The molecule has 2 atom stereocenters. The number of nitrogens with one attached hydrogen (secondary N) is 1. The summed E-state index contributed by atoms with van der Waals surface area (Å²) >= 11 is 0. The minimum absolute atomic E-state index is 0.125. The zero-order valence-corrected chi connectivity index (χ0v) is 19.0. The summed E-state index contributed by atoms with van der Waals surface area (Å²) in [5, 5.41) is 2.75. The van der Waals surface area contributed by atoms with Crippen molar-refractivity contribution in [1.29, 1.82) is 0 Å². The van der Waals surface area contributed by atoms with E-state index in [-0.39, 0.29) is 5.91 Å². The van der Waals surface area contributed by atoms with Gasteiger partial charge < -0.3 is 19.9 Å². The van der Waals surface area contributed by atoms with Gasteiger partial charge in [0.05, 0.1) is 16.8 Å². The maximum Gasteiger partial charge on any atom is 0.267 e. The predicted octanol–water partition coefficient (Wildman–Crippen LogP) is 1.99. The lowest BCUT2D eigenvalue weighted by atomic mass is 10.1. The number of fused-ring (bicyclic) bond motifs is 2. The Hall–Kier alpha value is -3.72. The maximum absolute atomic E-state index is 12.9. The predicted molar refractivity (Wildman–Crippen MR) is 122 cm³/mol. The van der Waals surface area contributed by atoms with Crippen LogP contribution in [0.1, 0.15) is 34.6 Å². The van der Waals surface area contributed by atoms with E-state index in [2.05, 4.69) is 5.32 Å². The van der Waals surface area contributed by atoms with E-state index >= 15 is 0 Å². The molecule has 1 N–H and O–H groups in total. The number of ether oxygens (including phenoxy) is 1. The molecule has 172 valence electrons. The summed E-state index contributed by atoms with van der Waals surface area (Å²) in [7, 11) is 3.87. The van der Waals surface area contributed by atoms with E-state index in [0.717, 1.165) is 4.90 Å². The Balaban J connectivity index is 1.52. The van der Waals surface area contributed by atoms with E-state index in [1.54, 1.807) is 54.3 Å². The molecular formula is C24H26N4O5. The molecule has 0 bridgehead atoms. The van der Waals surface area contributed by atoms with E-state index in [1.165, 1.54) is 6.92 Å². The first kappa shape index (κ1) is 22.5. The van der Waals surface area contributed by atoms with Crippen LogP contribution in [0.25, 0.3) is 0 Å². The van der Waals surface area contributed by atoms with Crippen molar-refractivity contribution in [2.75, 3.05) is 37.4 Å². The highest BCUT2D eigenvalue weighted by Crippen LogP contribution is 2.36. The molecule has 4 amide bonds. The van der Waals surface area contributed by atoms with Gasteiger partial charge in [-0.25, -0.2) is 0 Å². The SMILES string of the molecule is CC1Oc2cc(NC(=O)C(C)N3C(=O)c4ccccc4C3=O)ccc2N(CCN(C)C)C1=O. The molecule has 2 unspecified atom stereocenters. The van der Waals surface area contributed by atoms with Gasteiger partial charge in [0.15, 0.2) is 6.10 Å². The van der Waals surface area contributed by atoms with Gasteiger partial charge >= 0.3 is 0 Å². The first-order valence-electron chi connectivity index (χ1n) is 10.7. The van der Waals surface area contributed by atoms with Crippen LogP contribution in [0.5, 0.6) is 5.75 Å². The van der Waals surface area contributed by atoms with Crippen molar-refractivity contribution >= 4 is 35.0 Å². The van der Waals surface area contributed by atoms with Crippen LogP contribution in [0.3, 0.4) is 0 Å². The number of amides is 4. The minimum Gasteiger partial charge on any atom is -0.479 e. The molecule has 0 spiro atoms. The van der Waals surface area contributed by atoms with Crippen molar-refractivity contribution in [3.8, 4) is 5.75 Å². The Morgan fingerprint density at radius 1 is 1.09 bits per heavy atom. The van der Waals surface area contributed by atoms with Gasteiger partial charge in [-0.05, 0) is 52.2 Å². The number of imide groups is 1. The van der Waals surface area contributed by atoms with Crippen molar-refractivity contribution < 1.29 is 23.9 Å². The molecule has 2 aromatic rings. The molecule has 9 nitrogen and oxygen atoms in total. The number of likely N-dealkylation sites (N-methyl/N-ethyl adjacent to an activating group) is 1. The van der Waals surface area contributed by atoms with Gasteiger partial charge in [-0.2, -0.15) is 0 Å². The number of hydrogen-bond acceptors (Lipinski definition) is 6. The Morgan fingerprint density at radius 2 is 1.73 bits per heavy atom. The molecular weight excluding hydrogens is 424 g/mol. The molecule has 4 rings (SSSR count). The number of carbonyl (C=O) groups excluding carboxylic acids is 4. The quantitative estimate of drug-likeness (QED) is 0.676. The molecule has 2 aromatic carbocycles. The van der Waals surface area contributed by atoms with Gasteiger partial charge in [0, 0.05) is 24.8 Å². The van der Waals surface area contributed by atoms with Crippen LogP contribution < -0.4 is 15.0 Å². The van der Waals surface area contributed by atoms with Gasteiger partial charge in [-0.1, -0.05) is 12.1 Å². The van der Waals surface area contributed by atoms with E-state index in [1.807, 2.05) is 19.0 Å². The molecule has 0 aliphatic carbocycles. The Morgan fingerprint density at radius 3 is 2.33 bits per heavy atom. The first-order valence-corrected chi connectivity index (χ1v) is 10.7. The van der Waals surface area contributed by atoms with Crippen molar-refractivity contribution in [2.24, 2.45) is 0 Å². The summed E-state index contributed by atoms with van der Waals surface area (Å²) in [6.07, 6.45) is -0.650. The summed E-state index contributed by atoms with van der Waals surface area (Å²) in [5.41, 5.74) is 1.66. The Kier molecular flexibility index (Phi) is 5.90. The van der Waals surface area contributed by atoms with Gasteiger partial charge in [-0.3, -0.25) is 24.1 Å². The van der Waals surface area contributed by atoms with Crippen LogP contribution in [-0.2, 0) is 9.59 Å². The standard InChI is InChI=1S/C24H26N4O5/c1-14(28-23(31)17-7-5-6-8-18(17)24(28)32)21(29)25-16-9-10-19-20(13-16)33-15(2)22(30)27(19)12-11-26(3)4/h5-10,13-15H,11-12H2,1-4H3,(H,25,29). The molecule has 2 heterocycles. The Bertz CT molecular complexity index is 1110. The molecule has 2 aliphatic rings. The van der Waals surface area contributed by atoms with E-state index in [9.17, 15) is 19.2 Å². The second-order valence-electron chi connectivity index (χ2n) is 8.43. The highest BCUT2D eigenvalue weighted by atomic mass is 16.5. The van der Waals surface area contributed by atoms with Crippen LogP contribution in [0.15, 0.2) is 42.5 Å². The molecule has 0 saturated heterocycles. The second-order valence-corrected chi connectivity index (χ2v) is 8.43. The van der Waals surface area contributed by atoms with E-state index in [4.69, 9.17) is 4.74 Å². The fourth-order valence-corrected chi connectivity index (χ4v) is 3.94. The number of nitrogens with zero attached hydrogens (tertiary/aromatic N) is 3. The third-order valence-corrected chi connectivity index (χ3v) is 5.80. The molecule has 0 aromatic heterocycles. The average Bonchev–Trinajstić information content (AvgIpc) is 3.03. The van der Waals surface area contributed by atoms with Crippen LogP contribution in [0.2, 0.25) is 0 Å². The van der Waals surface area contributed by atoms with Crippen LogP contribution >= 0.6 is 0 Å². The van der Waals surface area contributed by atoms with Crippen molar-refractivity contribution in [3.63, 3.8) is 0 Å². The third kappa shape index (κ3) is 4.07. The lowest BCUT2D eigenvalue weighted by Crippen LogP contribution is -2.47. The van der Waals surface area contributed by atoms with Gasteiger partial charge in [0.2, 0.25) is 5.91 Å². The molecule has 9 heteroatoms. The lowest BCUT2D eigenvalue weighted by Gasteiger charge is -2.34. The lowest BCUT2D eigenvalue weighted by molar-refractivity contribution is -0.125. The van der Waals surface area contributed by atoms with E-state index in [0.29, 0.717) is 41.3 Å². The summed E-state index contributed by atoms with van der Waals surface area (Å²) < 4.78 is 5.77. The fourth-order valence-electron chi connectivity index (χ4n) is 3.94. The van der Waals surface area contributed by atoms with Gasteiger partial charge in [0.1, 0.15) is 11.8 Å². The monoisotopic (exact) mass is 450 g/mol. The molecule has 0 saturated carbocycles. The van der Waals surface area contributed by atoms with Crippen molar-refractivity contribution in [3.05, 3.63) is 53.6 Å². The molecule has 0 radical (unpaired) electrons. The van der Waals surface area contributed by atoms with Crippen molar-refractivity contribution in [2.45, 2.75) is 26.0 Å². The highest BCUT2D eigenvalue weighted by Gasteiger charge is 2.40. The summed E-state index contributed by atoms with van der Waals surface area (Å²) in [6, 6.07) is 10.5. The smallest absolute Gasteiger partial charge is 0.267 e. The summed E-state index contributed by atoms with van der Waals surface area (Å²) in [6.45, 7) is 4.39. The summed E-state index contributed by atoms with van der Waals surface area (Å²) in [5.74, 6) is -1.13. The van der Waals surface area contributed by atoms with Crippen LogP contribution in [0.4, 0.5) is 11.4 Å². The van der Waals surface area contributed by atoms with E-state index < -0.39 is 29.9 Å². The molecule has 0 fully saturated rings. The number of carbonyl (C=O) groups is 4. The number of anilines is 2. The van der Waals surface area contributed by atoms with Gasteiger partial charge in [-0.15, -0.1) is 0 Å². The molecule has 2 aliphatic heterocycles. The second kappa shape index (κ2) is 8.67. The normalized spacial score (nSPS) is 18.2. The summed E-state index contributed by atoms with van der Waals surface area (Å²) in [4.78, 5) is 55.5. The van der Waals surface area contributed by atoms with Crippen molar-refractivity contribution in [1.82, 2.24) is 9.80 Å². The third-order valence-electron chi connectivity index (χ3n) is 5.80. The van der Waals surface area contributed by atoms with Crippen LogP contribution in [0, 0.1) is 0 Å². The zero-order chi connectivity index (χ0) is 23.9. The fraction of sp³-hybridized carbons (Fsp3) is 0.333. The average molecular weight is 450 g/mol. The highest BCUT2D eigenvalue weighted by molar-refractivity contribution is 6.23. The maximum atomic E-state index is 12.9. The first-order chi connectivity index (χ1) is 15.7. The van der Waals surface area contributed by atoms with Crippen LogP contribution in [-0.4, -0.2) is 72.8 Å². The number of rotatable bonds is 6. The Labute approximate surface area is 191 Å². The molecule has 33 heavy (non-hydrogen) atoms. The zero-order valence-electron chi connectivity index (χ0n) is 19.0. The largest absolute Gasteiger partial charge is 0.479 e.